The summed E-state index contributed by atoms with van der Waals surface area (Å²) in [6.45, 7) is 3.00. The van der Waals surface area contributed by atoms with Crippen molar-refractivity contribution in [1.82, 2.24) is 15.0 Å². The van der Waals surface area contributed by atoms with Crippen LogP contribution in [0.1, 0.15) is 32.1 Å². The molecule has 1 aromatic heterocycles. The first-order valence-electron chi connectivity index (χ1n) is 8.09. The molecule has 0 unspecified atom stereocenters. The molecular formula is C17H20ClN3O2S. The lowest BCUT2D eigenvalue weighted by atomic mass is 10.0. The van der Waals surface area contributed by atoms with E-state index in [1.54, 1.807) is 12.1 Å². The van der Waals surface area contributed by atoms with Crippen molar-refractivity contribution in [3.63, 3.8) is 0 Å². The number of carbonyl (C=O) groups excluding carboxylic acids is 1. The molecule has 2 heterocycles. The van der Waals surface area contributed by atoms with Gasteiger partial charge in [-0.3, -0.25) is 4.79 Å². The molecule has 0 saturated carbocycles. The number of aromatic nitrogens is 2. The third kappa shape index (κ3) is 4.30. The third-order valence-electron chi connectivity index (χ3n) is 4.14. The zero-order valence-corrected chi connectivity index (χ0v) is 15.1. The van der Waals surface area contributed by atoms with Gasteiger partial charge < -0.3 is 9.42 Å². The molecule has 0 spiro atoms. The summed E-state index contributed by atoms with van der Waals surface area (Å²) in [5.74, 6) is 2.25. The van der Waals surface area contributed by atoms with Gasteiger partial charge in [-0.25, -0.2) is 0 Å². The first-order valence-corrected chi connectivity index (χ1v) is 9.62. The molecule has 1 aliphatic rings. The summed E-state index contributed by atoms with van der Waals surface area (Å²) in [5.41, 5.74) is 0.859. The molecule has 1 aliphatic heterocycles. The lowest BCUT2D eigenvalue weighted by Crippen LogP contribution is -2.42. The van der Waals surface area contributed by atoms with Crippen molar-refractivity contribution in [3.8, 4) is 11.4 Å². The molecule has 1 aromatic carbocycles. The van der Waals surface area contributed by atoms with Crippen LogP contribution >= 0.6 is 23.4 Å². The van der Waals surface area contributed by atoms with Gasteiger partial charge in [0.1, 0.15) is 0 Å². The molecule has 1 fully saturated rings. The van der Waals surface area contributed by atoms with Gasteiger partial charge in [0, 0.05) is 23.2 Å². The summed E-state index contributed by atoms with van der Waals surface area (Å²) in [6.07, 6.45) is 3.42. The van der Waals surface area contributed by atoms with Crippen LogP contribution in [0, 0.1) is 0 Å². The molecule has 0 radical (unpaired) electrons. The van der Waals surface area contributed by atoms with Crippen LogP contribution in [-0.2, 0) is 10.5 Å². The van der Waals surface area contributed by atoms with Crippen molar-refractivity contribution in [3.05, 3.63) is 35.2 Å². The summed E-state index contributed by atoms with van der Waals surface area (Å²) in [6, 6.07) is 7.64. The lowest BCUT2D eigenvalue weighted by Gasteiger charge is -2.33. The van der Waals surface area contributed by atoms with Crippen LogP contribution in [0.15, 0.2) is 28.8 Å². The van der Waals surface area contributed by atoms with Gasteiger partial charge in [0.2, 0.25) is 17.6 Å². The highest BCUT2D eigenvalue weighted by molar-refractivity contribution is 7.99. The van der Waals surface area contributed by atoms with Gasteiger partial charge in [-0.2, -0.15) is 4.98 Å². The fraction of sp³-hybridized carbons (Fsp3) is 0.471. The van der Waals surface area contributed by atoms with E-state index < -0.39 is 0 Å². The number of halogens is 1. The van der Waals surface area contributed by atoms with Crippen LogP contribution in [0.2, 0.25) is 5.02 Å². The number of likely N-dealkylation sites (tertiary alicyclic amines) is 1. The third-order valence-corrected chi connectivity index (χ3v) is 5.30. The molecule has 128 valence electrons. The molecule has 3 rings (SSSR count). The standard InChI is InChI=1S/C17H20ClN3O2S/c1-12-4-2-3-9-21(12)16(22)11-24-10-15-19-17(20-23-15)13-5-7-14(18)8-6-13/h5-8,12H,2-4,9-11H2,1H3/t12-/m0/s1. The Morgan fingerprint density at radius 2 is 2.17 bits per heavy atom. The van der Waals surface area contributed by atoms with Crippen LogP contribution < -0.4 is 0 Å². The Kier molecular flexibility index (Phi) is 5.79. The molecule has 0 aliphatic carbocycles. The summed E-state index contributed by atoms with van der Waals surface area (Å²) in [5, 5.41) is 4.65. The molecule has 1 saturated heterocycles. The fourth-order valence-corrected chi connectivity index (χ4v) is 3.67. The fourth-order valence-electron chi connectivity index (χ4n) is 2.81. The molecule has 5 nitrogen and oxygen atoms in total. The smallest absolute Gasteiger partial charge is 0.236 e. The van der Waals surface area contributed by atoms with Crippen molar-refractivity contribution in [2.24, 2.45) is 0 Å². The number of rotatable bonds is 5. The van der Waals surface area contributed by atoms with E-state index in [0.29, 0.717) is 34.3 Å². The number of amides is 1. The zero-order valence-electron chi connectivity index (χ0n) is 13.6. The topological polar surface area (TPSA) is 59.2 Å². The molecule has 7 heteroatoms. The highest BCUT2D eigenvalue weighted by Gasteiger charge is 2.23. The Hall–Kier alpha value is -1.53. The Balaban J connectivity index is 1.50. The van der Waals surface area contributed by atoms with Gasteiger partial charge in [-0.05, 0) is 50.5 Å². The average Bonchev–Trinajstić information content (AvgIpc) is 3.04. The van der Waals surface area contributed by atoms with Crippen molar-refractivity contribution >= 4 is 29.3 Å². The minimum Gasteiger partial charge on any atom is -0.339 e. The number of nitrogens with zero attached hydrogens (tertiary/aromatic N) is 3. The van der Waals surface area contributed by atoms with Crippen LogP contribution in [0.3, 0.4) is 0 Å². The lowest BCUT2D eigenvalue weighted by molar-refractivity contribution is -0.131. The SMILES string of the molecule is C[C@H]1CCCCN1C(=O)CSCc1nc(-c2ccc(Cl)cc2)no1. The van der Waals surface area contributed by atoms with Crippen LogP contribution in [0.4, 0.5) is 0 Å². The van der Waals surface area contributed by atoms with Gasteiger partial charge in [0.05, 0.1) is 11.5 Å². The van der Waals surface area contributed by atoms with Crippen molar-refractivity contribution in [1.29, 1.82) is 0 Å². The number of benzene rings is 1. The zero-order chi connectivity index (χ0) is 16.9. The number of carbonyl (C=O) groups is 1. The van der Waals surface area contributed by atoms with Gasteiger partial charge in [-0.1, -0.05) is 16.8 Å². The van der Waals surface area contributed by atoms with E-state index in [1.807, 2.05) is 17.0 Å². The molecule has 1 amide bonds. The van der Waals surface area contributed by atoms with E-state index in [1.165, 1.54) is 18.2 Å². The molecule has 0 bridgehead atoms. The van der Waals surface area contributed by atoms with Gasteiger partial charge in [-0.15, -0.1) is 11.8 Å². The Bertz CT molecular complexity index is 689. The molecule has 0 N–H and O–H groups in total. The Labute approximate surface area is 150 Å². The van der Waals surface area contributed by atoms with Gasteiger partial charge >= 0.3 is 0 Å². The van der Waals surface area contributed by atoms with Crippen LogP contribution in [-0.4, -0.2) is 39.3 Å². The van der Waals surface area contributed by atoms with E-state index in [9.17, 15) is 4.79 Å². The maximum Gasteiger partial charge on any atom is 0.236 e. The van der Waals surface area contributed by atoms with Gasteiger partial charge in [0.15, 0.2) is 0 Å². The highest BCUT2D eigenvalue weighted by atomic mass is 35.5. The molecule has 2 aromatic rings. The highest BCUT2D eigenvalue weighted by Crippen LogP contribution is 2.21. The first kappa shape index (κ1) is 17.3. The Morgan fingerprint density at radius 3 is 2.92 bits per heavy atom. The van der Waals surface area contributed by atoms with Crippen molar-refractivity contribution < 1.29 is 9.32 Å². The molecule has 24 heavy (non-hydrogen) atoms. The minimum atomic E-state index is 0.199. The molecular weight excluding hydrogens is 346 g/mol. The normalized spacial score (nSPS) is 17.9. The molecule has 1 atom stereocenters. The van der Waals surface area contributed by atoms with E-state index in [0.717, 1.165) is 24.9 Å². The second-order valence-corrected chi connectivity index (χ2v) is 7.37. The van der Waals surface area contributed by atoms with Crippen LogP contribution in [0.25, 0.3) is 11.4 Å². The van der Waals surface area contributed by atoms with Crippen molar-refractivity contribution in [2.75, 3.05) is 12.3 Å². The second kappa shape index (κ2) is 8.03. The second-order valence-electron chi connectivity index (χ2n) is 5.94. The van der Waals surface area contributed by atoms with E-state index in [2.05, 4.69) is 17.1 Å². The quantitative estimate of drug-likeness (QED) is 0.800. The van der Waals surface area contributed by atoms with E-state index in [4.69, 9.17) is 16.1 Å². The predicted octanol–water partition coefficient (Wildman–Crippen LogP) is 4.02. The number of hydrogen-bond donors (Lipinski definition) is 0. The van der Waals surface area contributed by atoms with Crippen molar-refractivity contribution in [2.45, 2.75) is 38.0 Å². The predicted molar refractivity (Wildman–Crippen MR) is 95.9 cm³/mol. The number of hydrogen-bond acceptors (Lipinski definition) is 5. The summed E-state index contributed by atoms with van der Waals surface area (Å²) in [7, 11) is 0. The summed E-state index contributed by atoms with van der Waals surface area (Å²) in [4.78, 5) is 18.6. The summed E-state index contributed by atoms with van der Waals surface area (Å²) < 4.78 is 5.26. The largest absolute Gasteiger partial charge is 0.339 e. The Morgan fingerprint density at radius 1 is 1.38 bits per heavy atom. The maximum absolute atomic E-state index is 12.3. The van der Waals surface area contributed by atoms with Gasteiger partial charge in [0.25, 0.3) is 0 Å². The minimum absolute atomic E-state index is 0.199. The van der Waals surface area contributed by atoms with Crippen LogP contribution in [0.5, 0.6) is 0 Å². The summed E-state index contributed by atoms with van der Waals surface area (Å²) >= 11 is 7.39. The number of thioether (sulfide) groups is 1. The number of piperidine rings is 1. The average molecular weight is 366 g/mol. The van der Waals surface area contributed by atoms with E-state index in [-0.39, 0.29) is 5.91 Å². The maximum atomic E-state index is 12.3. The van der Waals surface area contributed by atoms with E-state index >= 15 is 0 Å². The monoisotopic (exact) mass is 365 g/mol. The first-order chi connectivity index (χ1) is 11.6.